The summed E-state index contributed by atoms with van der Waals surface area (Å²) in [5.41, 5.74) is 0.0247. The molecule has 2 saturated heterocycles. The number of aliphatic hydroxyl groups excluding tert-OH is 1. The summed E-state index contributed by atoms with van der Waals surface area (Å²) in [6.07, 6.45) is -0.127. The molecular formula is C15H22N3O6S2-. The molecule has 0 radical (unpaired) electrons. The van der Waals surface area contributed by atoms with E-state index in [1.165, 1.54) is 16.7 Å². The fraction of sp³-hybridized carbons (Fsp3) is 0.733. The molecule has 3 heterocycles. The Balaban J connectivity index is 1.72. The van der Waals surface area contributed by atoms with E-state index in [9.17, 15) is 28.6 Å². The van der Waals surface area contributed by atoms with Crippen LogP contribution in [0.25, 0.3) is 0 Å². The minimum atomic E-state index is -2.31. The molecule has 11 heteroatoms. The normalized spacial score (nSPS) is 36.1. The third kappa shape index (κ3) is 3.43. The molecule has 0 spiro atoms. The standard InChI is InChI=1S/C15H23N3O6S2/c1-6-11-10(7(2)19)14(20)18(11)12(15(21)22)13(6)25-9-3-8(16-5-9)4-17-26(23)24/h6-11,16-17,19H,3-5H2,1-2H3,(H,21,22)(H,23,24)/p-1/t6-,7-,8+,9+,10-,11?/m1/s1. The summed E-state index contributed by atoms with van der Waals surface area (Å²) in [5, 5.41) is 22.8. The number of carboxylic acids is 1. The number of nitrogens with one attached hydrogen (secondary N) is 2. The van der Waals surface area contributed by atoms with E-state index >= 15 is 0 Å². The predicted molar refractivity (Wildman–Crippen MR) is 94.3 cm³/mol. The number of aliphatic carboxylic acids is 1. The van der Waals surface area contributed by atoms with Gasteiger partial charge in [0.2, 0.25) is 5.91 Å². The van der Waals surface area contributed by atoms with Crippen LogP contribution < -0.4 is 10.0 Å². The molecule has 9 nitrogen and oxygen atoms in total. The van der Waals surface area contributed by atoms with Gasteiger partial charge in [-0.3, -0.25) is 9.00 Å². The summed E-state index contributed by atoms with van der Waals surface area (Å²) >= 11 is -0.870. The zero-order valence-electron chi connectivity index (χ0n) is 14.4. The minimum Gasteiger partial charge on any atom is -0.760 e. The maximum atomic E-state index is 12.3. The Kier molecular flexibility index (Phi) is 5.75. The second kappa shape index (κ2) is 7.56. The Morgan fingerprint density at radius 1 is 1.58 bits per heavy atom. The van der Waals surface area contributed by atoms with E-state index in [4.69, 9.17) is 0 Å². The van der Waals surface area contributed by atoms with E-state index in [0.29, 0.717) is 17.9 Å². The average molecular weight is 404 g/mol. The zero-order valence-corrected chi connectivity index (χ0v) is 16.0. The van der Waals surface area contributed by atoms with E-state index in [2.05, 4.69) is 10.0 Å². The highest BCUT2D eigenvalue weighted by atomic mass is 32.2. The lowest BCUT2D eigenvalue weighted by Crippen LogP contribution is -2.63. The van der Waals surface area contributed by atoms with Crippen molar-refractivity contribution in [2.75, 3.05) is 13.1 Å². The van der Waals surface area contributed by atoms with E-state index < -0.39 is 29.3 Å². The largest absolute Gasteiger partial charge is 0.760 e. The number of aliphatic hydroxyl groups is 1. The van der Waals surface area contributed by atoms with Crippen molar-refractivity contribution in [3.05, 3.63) is 10.6 Å². The number of rotatable bonds is 7. The SMILES string of the molecule is C[C@H]1C(S[C@@H]2CN[C@H](CNS(=O)[O-])C2)=C(C(=O)O)N2C(=O)[C@H]([C@@H](C)O)C12. The quantitative estimate of drug-likeness (QED) is 0.312. The first-order valence-electron chi connectivity index (χ1n) is 8.43. The van der Waals surface area contributed by atoms with Crippen LogP contribution in [0.15, 0.2) is 10.6 Å². The van der Waals surface area contributed by atoms with E-state index in [1.54, 1.807) is 6.92 Å². The molecule has 4 N–H and O–H groups in total. The van der Waals surface area contributed by atoms with Crippen LogP contribution >= 0.6 is 11.8 Å². The molecule has 3 rings (SSSR count). The maximum absolute atomic E-state index is 12.3. The number of carbonyl (C=O) groups excluding carboxylic acids is 1. The fourth-order valence-corrected chi connectivity index (χ4v) is 5.91. The Labute approximate surface area is 158 Å². The van der Waals surface area contributed by atoms with Crippen molar-refractivity contribution in [2.24, 2.45) is 11.8 Å². The van der Waals surface area contributed by atoms with Crippen LogP contribution in [0.4, 0.5) is 0 Å². The molecule has 0 aromatic rings. The molecule has 146 valence electrons. The van der Waals surface area contributed by atoms with Gasteiger partial charge >= 0.3 is 5.97 Å². The molecule has 0 aromatic heterocycles. The Morgan fingerprint density at radius 3 is 2.85 bits per heavy atom. The molecule has 0 saturated carbocycles. The summed E-state index contributed by atoms with van der Waals surface area (Å²) < 4.78 is 23.5. The number of β-lactam (4-membered cyclic amide) rings is 1. The van der Waals surface area contributed by atoms with Crippen molar-refractivity contribution < 1.29 is 28.6 Å². The summed E-state index contributed by atoms with van der Waals surface area (Å²) in [5.74, 6) is -2.20. The monoisotopic (exact) mass is 404 g/mol. The molecule has 3 aliphatic heterocycles. The third-order valence-electron chi connectivity index (χ3n) is 5.23. The lowest BCUT2D eigenvalue weighted by atomic mass is 9.79. The number of fused-ring (bicyclic) bond motifs is 1. The van der Waals surface area contributed by atoms with Crippen molar-refractivity contribution in [1.29, 1.82) is 0 Å². The highest BCUT2D eigenvalue weighted by molar-refractivity contribution is 8.03. The van der Waals surface area contributed by atoms with Gasteiger partial charge in [-0.2, -0.15) is 0 Å². The molecule has 26 heavy (non-hydrogen) atoms. The Bertz CT molecular complexity index is 670. The lowest BCUT2D eigenvalue weighted by Gasteiger charge is -2.46. The molecule has 1 amide bonds. The summed E-state index contributed by atoms with van der Waals surface area (Å²) in [7, 11) is 0. The van der Waals surface area contributed by atoms with Crippen LogP contribution in [0.1, 0.15) is 20.3 Å². The van der Waals surface area contributed by atoms with E-state index in [0.717, 1.165) is 0 Å². The van der Waals surface area contributed by atoms with Gasteiger partial charge in [-0.05, 0) is 13.3 Å². The number of amides is 1. The van der Waals surface area contributed by atoms with Gasteiger partial charge in [0, 0.05) is 46.5 Å². The number of nitrogens with zero attached hydrogens (tertiary/aromatic N) is 1. The zero-order chi connectivity index (χ0) is 19.2. The first kappa shape index (κ1) is 19.8. The van der Waals surface area contributed by atoms with Crippen molar-refractivity contribution in [2.45, 2.75) is 43.7 Å². The highest BCUT2D eigenvalue weighted by Crippen LogP contribution is 2.51. The fourth-order valence-electron chi connectivity index (χ4n) is 4.05. The average Bonchev–Trinajstić information content (AvgIpc) is 3.08. The second-order valence-electron chi connectivity index (χ2n) is 6.94. The first-order chi connectivity index (χ1) is 12.2. The van der Waals surface area contributed by atoms with Crippen LogP contribution in [0.3, 0.4) is 0 Å². The molecule has 0 bridgehead atoms. The van der Waals surface area contributed by atoms with Gasteiger partial charge in [0.1, 0.15) is 5.70 Å². The highest BCUT2D eigenvalue weighted by Gasteiger charge is 2.60. The van der Waals surface area contributed by atoms with Crippen molar-refractivity contribution in [3.63, 3.8) is 0 Å². The lowest BCUT2D eigenvalue weighted by molar-refractivity contribution is -0.163. The topological polar surface area (TPSA) is 142 Å². The Morgan fingerprint density at radius 2 is 2.27 bits per heavy atom. The number of hydrogen-bond donors (Lipinski definition) is 4. The third-order valence-corrected chi connectivity index (χ3v) is 7.15. The van der Waals surface area contributed by atoms with Crippen molar-refractivity contribution in [3.8, 4) is 0 Å². The minimum absolute atomic E-state index is 0.0140. The van der Waals surface area contributed by atoms with Crippen molar-refractivity contribution >= 4 is 34.9 Å². The Hall–Kier alpha value is -0.980. The molecule has 0 aromatic carbocycles. The number of carbonyl (C=O) groups is 2. The van der Waals surface area contributed by atoms with Crippen LogP contribution in [-0.2, 0) is 20.9 Å². The molecular weight excluding hydrogens is 382 g/mol. The molecule has 7 atom stereocenters. The van der Waals surface area contributed by atoms with Crippen LogP contribution in [0.5, 0.6) is 0 Å². The van der Waals surface area contributed by atoms with Gasteiger partial charge in [0.05, 0.1) is 18.1 Å². The number of thioether (sulfide) groups is 1. The second-order valence-corrected chi connectivity index (χ2v) is 9.04. The van der Waals surface area contributed by atoms with Crippen molar-refractivity contribution in [1.82, 2.24) is 14.9 Å². The maximum Gasteiger partial charge on any atom is 0.353 e. The molecule has 3 aliphatic rings. The van der Waals surface area contributed by atoms with Gasteiger partial charge in [-0.15, -0.1) is 11.8 Å². The summed E-state index contributed by atoms with van der Waals surface area (Å²) in [4.78, 5) is 26.0. The first-order valence-corrected chi connectivity index (χ1v) is 10.4. The number of carboxylic acid groups (broad SMARTS) is 1. The van der Waals surface area contributed by atoms with Crippen LogP contribution in [-0.4, -0.2) is 72.3 Å². The van der Waals surface area contributed by atoms with Gasteiger partial charge in [-0.1, -0.05) is 6.92 Å². The summed E-state index contributed by atoms with van der Waals surface area (Å²) in [6.45, 7) is 4.35. The van der Waals surface area contributed by atoms with Crippen LogP contribution in [0.2, 0.25) is 0 Å². The number of hydrogen-bond acceptors (Lipinski definition) is 7. The van der Waals surface area contributed by atoms with Gasteiger partial charge in [-0.25, -0.2) is 9.52 Å². The van der Waals surface area contributed by atoms with E-state index in [1.807, 2.05) is 6.92 Å². The van der Waals surface area contributed by atoms with E-state index in [-0.39, 0.29) is 41.4 Å². The summed E-state index contributed by atoms with van der Waals surface area (Å²) in [6, 6.07) is -0.328. The van der Waals surface area contributed by atoms with Gasteiger partial charge in [0.25, 0.3) is 0 Å². The van der Waals surface area contributed by atoms with Gasteiger partial charge in [0.15, 0.2) is 0 Å². The molecule has 0 aliphatic carbocycles. The van der Waals surface area contributed by atoms with Crippen LogP contribution in [0, 0.1) is 11.8 Å². The molecule has 2 unspecified atom stereocenters. The predicted octanol–water partition coefficient (Wildman–Crippen LogP) is -1.01. The van der Waals surface area contributed by atoms with Gasteiger partial charge < -0.3 is 25.0 Å². The smallest absolute Gasteiger partial charge is 0.353 e. The molecule has 2 fully saturated rings.